The van der Waals surface area contributed by atoms with E-state index in [1.807, 2.05) is 6.20 Å². The van der Waals surface area contributed by atoms with Gasteiger partial charge in [0.15, 0.2) is 5.65 Å². The van der Waals surface area contributed by atoms with Gasteiger partial charge in [0.2, 0.25) is 0 Å². The van der Waals surface area contributed by atoms with Crippen molar-refractivity contribution in [3.8, 4) is 10.4 Å². The quantitative estimate of drug-likeness (QED) is 0.698. The molecule has 4 nitrogen and oxygen atoms in total. The Morgan fingerprint density at radius 1 is 1.31 bits per heavy atom. The number of nitrogen functional groups attached to an aromatic ring is 1. The molecule has 5 heteroatoms. The van der Waals surface area contributed by atoms with E-state index in [-0.39, 0.29) is 0 Å². The van der Waals surface area contributed by atoms with Crippen LogP contribution in [0.15, 0.2) is 30.6 Å². The number of hydrogen-bond donors (Lipinski definition) is 1. The molecule has 0 fully saturated rings. The zero-order chi connectivity index (χ0) is 11.1. The standard InChI is InChI=1S/C11H10N4S/c1-7-2-3-9(16-7)8-6-14-15-10(12)4-5-13-11(8)15/h2-6H,12H2,1H3. The fourth-order valence-electron chi connectivity index (χ4n) is 1.66. The second kappa shape index (κ2) is 3.31. The molecule has 3 aromatic heterocycles. The summed E-state index contributed by atoms with van der Waals surface area (Å²) in [4.78, 5) is 6.76. The molecule has 16 heavy (non-hydrogen) atoms. The highest BCUT2D eigenvalue weighted by molar-refractivity contribution is 7.15. The van der Waals surface area contributed by atoms with E-state index in [0.717, 1.165) is 11.2 Å². The highest BCUT2D eigenvalue weighted by Crippen LogP contribution is 2.30. The number of nitrogens with zero attached hydrogens (tertiary/aromatic N) is 3. The van der Waals surface area contributed by atoms with Gasteiger partial charge in [0.1, 0.15) is 5.82 Å². The lowest BCUT2D eigenvalue weighted by Crippen LogP contribution is -1.98. The van der Waals surface area contributed by atoms with E-state index in [9.17, 15) is 0 Å². The normalized spacial score (nSPS) is 11.1. The molecule has 0 bridgehead atoms. The molecule has 3 heterocycles. The number of nitrogens with two attached hydrogens (primary N) is 1. The minimum absolute atomic E-state index is 0.601. The van der Waals surface area contributed by atoms with Crippen molar-refractivity contribution in [1.29, 1.82) is 0 Å². The first-order valence-electron chi connectivity index (χ1n) is 4.91. The van der Waals surface area contributed by atoms with Crippen molar-refractivity contribution < 1.29 is 0 Å². The minimum atomic E-state index is 0.601. The van der Waals surface area contributed by atoms with Gasteiger partial charge in [0.05, 0.1) is 11.8 Å². The molecule has 0 saturated heterocycles. The summed E-state index contributed by atoms with van der Waals surface area (Å²) in [6.07, 6.45) is 3.51. The fraction of sp³-hybridized carbons (Fsp3) is 0.0909. The van der Waals surface area contributed by atoms with Gasteiger partial charge >= 0.3 is 0 Å². The van der Waals surface area contributed by atoms with Crippen LogP contribution in [0, 0.1) is 6.92 Å². The van der Waals surface area contributed by atoms with Gasteiger partial charge in [0, 0.05) is 16.0 Å². The third kappa shape index (κ3) is 1.29. The van der Waals surface area contributed by atoms with Crippen LogP contribution in [0.5, 0.6) is 0 Å². The van der Waals surface area contributed by atoms with E-state index in [4.69, 9.17) is 5.73 Å². The molecule has 0 aliphatic heterocycles. The van der Waals surface area contributed by atoms with Gasteiger partial charge in [-0.2, -0.15) is 9.61 Å². The molecule has 80 valence electrons. The van der Waals surface area contributed by atoms with Crippen molar-refractivity contribution in [3.05, 3.63) is 35.5 Å². The highest BCUT2D eigenvalue weighted by atomic mass is 32.1. The Morgan fingerprint density at radius 2 is 2.19 bits per heavy atom. The van der Waals surface area contributed by atoms with Crippen LogP contribution in [0.4, 0.5) is 5.82 Å². The van der Waals surface area contributed by atoms with Crippen molar-refractivity contribution in [2.45, 2.75) is 6.92 Å². The Morgan fingerprint density at radius 3 is 2.94 bits per heavy atom. The average Bonchev–Trinajstić information content (AvgIpc) is 2.84. The predicted molar refractivity (Wildman–Crippen MR) is 65.4 cm³/mol. The monoisotopic (exact) mass is 230 g/mol. The van der Waals surface area contributed by atoms with Crippen LogP contribution in [-0.4, -0.2) is 14.6 Å². The molecule has 0 aliphatic rings. The number of thiophene rings is 1. The smallest absolute Gasteiger partial charge is 0.166 e. The first-order chi connectivity index (χ1) is 7.75. The van der Waals surface area contributed by atoms with Gasteiger partial charge < -0.3 is 5.73 Å². The van der Waals surface area contributed by atoms with Crippen molar-refractivity contribution in [2.75, 3.05) is 5.73 Å². The Hall–Kier alpha value is -1.88. The first kappa shape index (κ1) is 9.35. The summed E-state index contributed by atoms with van der Waals surface area (Å²) in [7, 11) is 0. The lowest BCUT2D eigenvalue weighted by Gasteiger charge is -1.97. The molecule has 0 saturated carbocycles. The van der Waals surface area contributed by atoms with E-state index >= 15 is 0 Å². The van der Waals surface area contributed by atoms with Crippen LogP contribution in [0.25, 0.3) is 16.1 Å². The zero-order valence-electron chi connectivity index (χ0n) is 8.71. The second-order valence-corrected chi connectivity index (χ2v) is 4.86. The largest absolute Gasteiger partial charge is 0.384 e. The lowest BCUT2D eigenvalue weighted by molar-refractivity contribution is 0.952. The van der Waals surface area contributed by atoms with E-state index in [1.54, 1.807) is 28.1 Å². The number of hydrogen-bond acceptors (Lipinski definition) is 4. The molecule has 0 aliphatic carbocycles. The van der Waals surface area contributed by atoms with Crippen molar-refractivity contribution >= 4 is 22.8 Å². The summed E-state index contributed by atoms with van der Waals surface area (Å²) in [5, 5.41) is 4.24. The molecular formula is C11H10N4S. The Bertz CT molecular complexity index is 653. The third-order valence-electron chi connectivity index (χ3n) is 2.44. The molecule has 0 aromatic carbocycles. The van der Waals surface area contributed by atoms with Crippen LogP contribution in [0.3, 0.4) is 0 Å². The number of aromatic nitrogens is 3. The second-order valence-electron chi connectivity index (χ2n) is 3.57. The topological polar surface area (TPSA) is 56.2 Å². The van der Waals surface area contributed by atoms with Crippen molar-refractivity contribution in [3.63, 3.8) is 0 Å². The summed E-state index contributed by atoms with van der Waals surface area (Å²) in [6.45, 7) is 2.08. The van der Waals surface area contributed by atoms with Crippen molar-refractivity contribution in [2.24, 2.45) is 0 Å². The first-order valence-corrected chi connectivity index (χ1v) is 5.72. The van der Waals surface area contributed by atoms with E-state index in [1.165, 1.54) is 9.75 Å². The van der Waals surface area contributed by atoms with Crippen LogP contribution >= 0.6 is 11.3 Å². The molecule has 0 radical (unpaired) electrons. The molecule has 3 rings (SSSR count). The van der Waals surface area contributed by atoms with E-state index in [2.05, 4.69) is 29.1 Å². The van der Waals surface area contributed by atoms with Gasteiger partial charge in [0.25, 0.3) is 0 Å². The average molecular weight is 230 g/mol. The zero-order valence-corrected chi connectivity index (χ0v) is 9.53. The molecule has 2 N–H and O–H groups in total. The summed E-state index contributed by atoms with van der Waals surface area (Å²) in [6, 6.07) is 5.92. The minimum Gasteiger partial charge on any atom is -0.384 e. The molecule has 0 amide bonds. The fourth-order valence-corrected chi connectivity index (χ4v) is 2.54. The van der Waals surface area contributed by atoms with Crippen LogP contribution in [0.1, 0.15) is 4.88 Å². The maximum atomic E-state index is 5.82. The van der Waals surface area contributed by atoms with Crippen LogP contribution in [-0.2, 0) is 0 Å². The Labute approximate surface area is 96.4 Å². The molecule has 0 spiro atoms. The maximum Gasteiger partial charge on any atom is 0.166 e. The highest BCUT2D eigenvalue weighted by Gasteiger charge is 2.10. The molecule has 0 atom stereocenters. The van der Waals surface area contributed by atoms with E-state index < -0.39 is 0 Å². The van der Waals surface area contributed by atoms with Crippen LogP contribution < -0.4 is 5.73 Å². The molecular weight excluding hydrogens is 220 g/mol. The predicted octanol–water partition coefficient (Wildman–Crippen LogP) is 2.35. The lowest BCUT2D eigenvalue weighted by atomic mass is 10.3. The maximum absolute atomic E-state index is 5.82. The van der Waals surface area contributed by atoms with Gasteiger partial charge in [-0.15, -0.1) is 11.3 Å². The summed E-state index contributed by atoms with van der Waals surface area (Å²) >= 11 is 1.73. The summed E-state index contributed by atoms with van der Waals surface area (Å²) in [5.41, 5.74) is 7.66. The van der Waals surface area contributed by atoms with E-state index in [0.29, 0.717) is 5.82 Å². The van der Waals surface area contributed by atoms with Crippen LogP contribution in [0.2, 0.25) is 0 Å². The number of anilines is 1. The third-order valence-corrected chi connectivity index (χ3v) is 3.47. The number of aryl methyl sites for hydroxylation is 1. The summed E-state index contributed by atoms with van der Waals surface area (Å²) in [5.74, 6) is 0.601. The van der Waals surface area contributed by atoms with Gasteiger partial charge in [-0.1, -0.05) is 0 Å². The number of rotatable bonds is 1. The molecule has 3 aromatic rings. The molecule has 0 unspecified atom stereocenters. The van der Waals surface area contributed by atoms with Gasteiger partial charge in [-0.3, -0.25) is 0 Å². The van der Waals surface area contributed by atoms with Gasteiger partial charge in [-0.25, -0.2) is 4.98 Å². The Kier molecular flexibility index (Phi) is 1.94. The van der Waals surface area contributed by atoms with Gasteiger partial charge in [-0.05, 0) is 25.1 Å². The Balaban J connectivity index is 2.29. The number of fused-ring (bicyclic) bond motifs is 1. The summed E-state index contributed by atoms with van der Waals surface area (Å²) < 4.78 is 1.66. The SMILES string of the molecule is Cc1ccc(-c2cnn3c(N)ccnc23)s1. The van der Waals surface area contributed by atoms with Crippen molar-refractivity contribution in [1.82, 2.24) is 14.6 Å².